The molecule has 4 rings (SSSR count). The summed E-state index contributed by atoms with van der Waals surface area (Å²) < 4.78 is 6.01. The molecule has 154 valence electrons. The molecule has 0 saturated heterocycles. The summed E-state index contributed by atoms with van der Waals surface area (Å²) in [4.78, 5) is 21.5. The summed E-state index contributed by atoms with van der Waals surface area (Å²) in [6.45, 7) is 2.25. The zero-order chi connectivity index (χ0) is 21.5. The molecule has 1 amide bonds. The van der Waals surface area contributed by atoms with E-state index in [9.17, 15) is 4.79 Å². The van der Waals surface area contributed by atoms with Crippen LogP contribution in [0.25, 0.3) is 0 Å². The highest BCUT2D eigenvalue weighted by Crippen LogP contribution is 2.27. The van der Waals surface area contributed by atoms with Crippen LogP contribution in [0.2, 0.25) is 0 Å². The minimum absolute atomic E-state index is 0.241. The summed E-state index contributed by atoms with van der Waals surface area (Å²) in [5.74, 6) is 1.28. The van der Waals surface area contributed by atoms with Gasteiger partial charge in [0.25, 0.3) is 5.91 Å². The molecule has 4 aromatic rings. The Bertz CT molecular complexity index is 1160. The minimum atomic E-state index is -0.292. The molecule has 0 bridgehead atoms. The fourth-order valence-corrected chi connectivity index (χ4v) is 2.99. The average molecular weight is 410 g/mol. The molecule has 0 saturated carbocycles. The van der Waals surface area contributed by atoms with Gasteiger partial charge in [-0.3, -0.25) is 4.79 Å². The topological polar surface area (TPSA) is 76.1 Å². The molecular formula is C25H22N4O2. The number of para-hydroxylation sites is 1. The second-order valence-electron chi connectivity index (χ2n) is 6.94. The number of hydrogen-bond acceptors (Lipinski definition) is 5. The number of pyridine rings is 2. The SMILES string of the molecule is Cc1ccc(Oc2ccnc(Nc3ccccc3)c2)c(C(=O)NCc2ccccc2)n1. The van der Waals surface area contributed by atoms with Gasteiger partial charge in [0.15, 0.2) is 11.4 Å². The van der Waals surface area contributed by atoms with Gasteiger partial charge in [0.1, 0.15) is 11.6 Å². The molecule has 2 aromatic heterocycles. The van der Waals surface area contributed by atoms with Crippen LogP contribution in [0.5, 0.6) is 11.5 Å². The number of carbonyl (C=O) groups excluding carboxylic acids is 1. The standard InChI is InChI=1S/C25H22N4O2/c1-18-12-13-22(24(28-18)25(30)27-17-19-8-4-2-5-9-19)31-21-14-15-26-23(16-21)29-20-10-6-3-7-11-20/h2-16H,17H2,1H3,(H,26,29)(H,27,30). The highest BCUT2D eigenvalue weighted by atomic mass is 16.5. The van der Waals surface area contributed by atoms with E-state index >= 15 is 0 Å². The number of nitrogens with zero attached hydrogens (tertiary/aromatic N) is 2. The van der Waals surface area contributed by atoms with E-state index in [-0.39, 0.29) is 11.6 Å². The van der Waals surface area contributed by atoms with E-state index in [4.69, 9.17) is 4.74 Å². The first-order valence-electron chi connectivity index (χ1n) is 9.93. The van der Waals surface area contributed by atoms with Gasteiger partial charge in [-0.2, -0.15) is 0 Å². The first-order chi connectivity index (χ1) is 15.2. The van der Waals surface area contributed by atoms with Gasteiger partial charge in [-0.15, -0.1) is 0 Å². The Kier molecular flexibility index (Phi) is 6.18. The maximum Gasteiger partial charge on any atom is 0.274 e. The predicted molar refractivity (Wildman–Crippen MR) is 121 cm³/mol. The fraction of sp³-hybridized carbons (Fsp3) is 0.0800. The Morgan fingerprint density at radius 2 is 1.68 bits per heavy atom. The van der Waals surface area contributed by atoms with Crippen LogP contribution in [0.15, 0.2) is 91.1 Å². The maximum atomic E-state index is 12.8. The number of amides is 1. The van der Waals surface area contributed by atoms with Crippen molar-refractivity contribution in [1.29, 1.82) is 0 Å². The Morgan fingerprint density at radius 3 is 2.45 bits per heavy atom. The van der Waals surface area contributed by atoms with Crippen molar-refractivity contribution in [2.75, 3.05) is 5.32 Å². The van der Waals surface area contributed by atoms with E-state index in [0.29, 0.717) is 23.9 Å². The summed E-state index contributed by atoms with van der Waals surface area (Å²) in [5.41, 5.74) is 2.91. The molecule has 31 heavy (non-hydrogen) atoms. The molecule has 2 N–H and O–H groups in total. The molecule has 0 aliphatic carbocycles. The lowest BCUT2D eigenvalue weighted by molar-refractivity contribution is 0.0943. The highest BCUT2D eigenvalue weighted by Gasteiger charge is 2.16. The lowest BCUT2D eigenvalue weighted by atomic mass is 10.2. The number of aromatic nitrogens is 2. The second kappa shape index (κ2) is 9.54. The van der Waals surface area contributed by atoms with Gasteiger partial charge >= 0.3 is 0 Å². The lowest BCUT2D eigenvalue weighted by Gasteiger charge is -2.12. The zero-order valence-electron chi connectivity index (χ0n) is 17.1. The van der Waals surface area contributed by atoms with Gasteiger partial charge in [0, 0.05) is 30.2 Å². The lowest BCUT2D eigenvalue weighted by Crippen LogP contribution is -2.24. The van der Waals surface area contributed by atoms with Crippen LogP contribution >= 0.6 is 0 Å². The normalized spacial score (nSPS) is 10.4. The number of hydrogen-bond donors (Lipinski definition) is 2. The number of carbonyl (C=O) groups is 1. The summed E-state index contributed by atoms with van der Waals surface area (Å²) in [6, 6.07) is 26.6. The Morgan fingerprint density at radius 1 is 0.935 bits per heavy atom. The molecule has 6 heteroatoms. The van der Waals surface area contributed by atoms with Crippen LogP contribution in [0.3, 0.4) is 0 Å². The van der Waals surface area contributed by atoms with E-state index in [2.05, 4.69) is 20.6 Å². The maximum absolute atomic E-state index is 12.8. The van der Waals surface area contributed by atoms with Crippen molar-refractivity contribution in [2.24, 2.45) is 0 Å². The monoisotopic (exact) mass is 410 g/mol. The highest BCUT2D eigenvalue weighted by molar-refractivity contribution is 5.95. The molecule has 6 nitrogen and oxygen atoms in total. The van der Waals surface area contributed by atoms with Gasteiger partial charge in [-0.25, -0.2) is 9.97 Å². The van der Waals surface area contributed by atoms with Gasteiger partial charge in [0.05, 0.1) is 0 Å². The minimum Gasteiger partial charge on any atom is -0.455 e. The third-order valence-electron chi connectivity index (χ3n) is 4.51. The van der Waals surface area contributed by atoms with Gasteiger partial charge in [-0.05, 0) is 42.8 Å². The van der Waals surface area contributed by atoms with E-state index in [1.165, 1.54) is 0 Å². The molecule has 0 spiro atoms. The Hall–Kier alpha value is -4.19. The van der Waals surface area contributed by atoms with Crippen molar-refractivity contribution >= 4 is 17.4 Å². The number of aryl methyl sites for hydroxylation is 1. The molecule has 0 aliphatic rings. The molecule has 2 heterocycles. The van der Waals surface area contributed by atoms with Gasteiger partial charge in [0.2, 0.25) is 0 Å². The average Bonchev–Trinajstić information content (AvgIpc) is 2.80. The third-order valence-corrected chi connectivity index (χ3v) is 4.51. The largest absolute Gasteiger partial charge is 0.455 e. The summed E-state index contributed by atoms with van der Waals surface area (Å²) in [5, 5.41) is 6.14. The van der Waals surface area contributed by atoms with Crippen LogP contribution in [-0.4, -0.2) is 15.9 Å². The first kappa shape index (κ1) is 20.1. The number of anilines is 2. The molecule has 0 atom stereocenters. The van der Waals surface area contributed by atoms with Crippen molar-refractivity contribution in [3.05, 3.63) is 108 Å². The number of ether oxygens (including phenoxy) is 1. The summed E-state index contributed by atoms with van der Waals surface area (Å²) >= 11 is 0. The first-order valence-corrected chi connectivity index (χ1v) is 9.93. The zero-order valence-corrected chi connectivity index (χ0v) is 17.1. The molecule has 2 aromatic carbocycles. The van der Waals surface area contributed by atoms with E-state index in [1.54, 1.807) is 24.4 Å². The van der Waals surface area contributed by atoms with E-state index < -0.39 is 0 Å². The van der Waals surface area contributed by atoms with Crippen molar-refractivity contribution in [3.63, 3.8) is 0 Å². The molecule has 0 radical (unpaired) electrons. The van der Waals surface area contributed by atoms with Crippen LogP contribution < -0.4 is 15.4 Å². The van der Waals surface area contributed by atoms with E-state index in [1.807, 2.05) is 73.7 Å². The third kappa shape index (κ3) is 5.45. The van der Waals surface area contributed by atoms with Crippen molar-refractivity contribution < 1.29 is 9.53 Å². The molecule has 0 unspecified atom stereocenters. The van der Waals surface area contributed by atoms with E-state index in [0.717, 1.165) is 16.9 Å². The van der Waals surface area contributed by atoms with Crippen molar-refractivity contribution in [1.82, 2.24) is 15.3 Å². The number of benzene rings is 2. The summed E-state index contributed by atoms with van der Waals surface area (Å²) in [7, 11) is 0. The second-order valence-corrected chi connectivity index (χ2v) is 6.94. The van der Waals surface area contributed by atoms with Gasteiger partial charge in [-0.1, -0.05) is 48.5 Å². The van der Waals surface area contributed by atoms with Crippen LogP contribution in [0, 0.1) is 6.92 Å². The predicted octanol–water partition coefficient (Wildman–Crippen LogP) is 5.25. The molecular weight excluding hydrogens is 388 g/mol. The van der Waals surface area contributed by atoms with Crippen molar-refractivity contribution in [3.8, 4) is 11.5 Å². The van der Waals surface area contributed by atoms with Crippen LogP contribution in [-0.2, 0) is 6.54 Å². The number of rotatable bonds is 7. The van der Waals surface area contributed by atoms with Gasteiger partial charge < -0.3 is 15.4 Å². The molecule has 0 fully saturated rings. The molecule has 0 aliphatic heterocycles. The Labute approximate surface area is 181 Å². The van der Waals surface area contributed by atoms with Crippen molar-refractivity contribution in [2.45, 2.75) is 13.5 Å². The number of nitrogens with one attached hydrogen (secondary N) is 2. The Balaban J connectivity index is 1.51. The quantitative estimate of drug-likeness (QED) is 0.435. The van der Waals surface area contributed by atoms with Crippen LogP contribution in [0.1, 0.15) is 21.7 Å². The fourth-order valence-electron chi connectivity index (χ4n) is 2.99. The summed E-state index contributed by atoms with van der Waals surface area (Å²) in [6.07, 6.45) is 1.65. The van der Waals surface area contributed by atoms with Crippen LogP contribution in [0.4, 0.5) is 11.5 Å². The smallest absolute Gasteiger partial charge is 0.274 e.